The normalized spacial score (nSPS) is 13.1. The van der Waals surface area contributed by atoms with Crippen LogP contribution in [0.15, 0.2) is 6.20 Å². The van der Waals surface area contributed by atoms with E-state index in [1.165, 1.54) is 4.88 Å². The summed E-state index contributed by atoms with van der Waals surface area (Å²) in [5.74, 6) is 0.297. The maximum absolute atomic E-state index is 9.61. The molecule has 0 spiro atoms. The molecular formula is C11H21N3OS. The van der Waals surface area contributed by atoms with Crippen LogP contribution in [0.2, 0.25) is 0 Å². The summed E-state index contributed by atoms with van der Waals surface area (Å²) in [5, 5.41) is 13.9. The van der Waals surface area contributed by atoms with E-state index in [2.05, 4.69) is 10.3 Å². The molecule has 0 saturated carbocycles. The van der Waals surface area contributed by atoms with Crippen LogP contribution >= 0.6 is 11.3 Å². The lowest BCUT2D eigenvalue weighted by atomic mass is 10.1. The SMILES string of the molecule is CC(C)C(O)CNCc1cnc(N(C)C)s1. The molecule has 1 aromatic rings. The van der Waals surface area contributed by atoms with Gasteiger partial charge in [0.1, 0.15) is 0 Å². The molecule has 1 atom stereocenters. The van der Waals surface area contributed by atoms with Crippen molar-refractivity contribution in [3.63, 3.8) is 0 Å². The summed E-state index contributed by atoms with van der Waals surface area (Å²) in [6.45, 7) is 5.44. The van der Waals surface area contributed by atoms with Gasteiger partial charge in [0.25, 0.3) is 0 Å². The molecule has 2 N–H and O–H groups in total. The third-order valence-electron chi connectivity index (χ3n) is 2.35. The number of anilines is 1. The molecule has 0 aliphatic rings. The summed E-state index contributed by atoms with van der Waals surface area (Å²) in [4.78, 5) is 7.48. The number of aromatic nitrogens is 1. The highest BCUT2D eigenvalue weighted by Gasteiger charge is 2.09. The summed E-state index contributed by atoms with van der Waals surface area (Å²) in [6.07, 6.45) is 1.61. The van der Waals surface area contributed by atoms with Crippen molar-refractivity contribution >= 4 is 16.5 Å². The van der Waals surface area contributed by atoms with E-state index in [1.807, 2.05) is 39.0 Å². The third kappa shape index (κ3) is 4.08. The number of rotatable bonds is 6. The lowest BCUT2D eigenvalue weighted by molar-refractivity contribution is 0.123. The van der Waals surface area contributed by atoms with Crippen molar-refractivity contribution in [2.45, 2.75) is 26.5 Å². The molecule has 92 valence electrons. The number of hydrogen-bond acceptors (Lipinski definition) is 5. The Bertz CT molecular complexity index is 312. The zero-order valence-corrected chi connectivity index (χ0v) is 11.2. The van der Waals surface area contributed by atoms with Crippen molar-refractivity contribution in [2.24, 2.45) is 5.92 Å². The number of hydrogen-bond donors (Lipinski definition) is 2. The van der Waals surface area contributed by atoms with Gasteiger partial charge in [-0.2, -0.15) is 0 Å². The lowest BCUT2D eigenvalue weighted by Crippen LogP contribution is -2.29. The largest absolute Gasteiger partial charge is 0.392 e. The maximum atomic E-state index is 9.61. The van der Waals surface area contributed by atoms with Crippen molar-refractivity contribution in [3.8, 4) is 0 Å². The highest BCUT2D eigenvalue weighted by Crippen LogP contribution is 2.19. The van der Waals surface area contributed by atoms with Crippen molar-refractivity contribution in [1.29, 1.82) is 0 Å². The predicted octanol–water partition coefficient (Wildman–Crippen LogP) is 1.32. The molecule has 4 nitrogen and oxygen atoms in total. The number of aliphatic hydroxyl groups is 1. The Morgan fingerprint density at radius 3 is 2.69 bits per heavy atom. The molecule has 1 rings (SSSR count). The number of nitrogens with one attached hydrogen (secondary N) is 1. The van der Waals surface area contributed by atoms with Gasteiger partial charge in [-0.05, 0) is 5.92 Å². The second-order valence-electron chi connectivity index (χ2n) is 4.45. The molecule has 0 bridgehead atoms. The number of aliphatic hydroxyl groups excluding tert-OH is 1. The molecule has 1 heterocycles. The van der Waals surface area contributed by atoms with Gasteiger partial charge in [0.15, 0.2) is 5.13 Å². The Kier molecular flexibility index (Phi) is 5.18. The van der Waals surface area contributed by atoms with Gasteiger partial charge in [-0.3, -0.25) is 0 Å². The van der Waals surface area contributed by atoms with E-state index >= 15 is 0 Å². The van der Waals surface area contributed by atoms with Crippen molar-refractivity contribution in [3.05, 3.63) is 11.1 Å². The molecule has 0 saturated heterocycles. The second-order valence-corrected chi connectivity index (χ2v) is 5.54. The van der Waals surface area contributed by atoms with E-state index in [0.29, 0.717) is 12.5 Å². The number of nitrogens with zero attached hydrogens (tertiary/aromatic N) is 2. The first-order chi connectivity index (χ1) is 7.50. The van der Waals surface area contributed by atoms with Crippen LogP contribution in [-0.4, -0.2) is 36.8 Å². The van der Waals surface area contributed by atoms with E-state index in [1.54, 1.807) is 11.3 Å². The average molecular weight is 243 g/mol. The van der Waals surface area contributed by atoms with Crippen LogP contribution in [-0.2, 0) is 6.54 Å². The van der Waals surface area contributed by atoms with Crippen LogP contribution in [0.4, 0.5) is 5.13 Å². The van der Waals surface area contributed by atoms with Gasteiger partial charge >= 0.3 is 0 Å². The second kappa shape index (κ2) is 6.18. The van der Waals surface area contributed by atoms with Gasteiger partial charge in [-0.25, -0.2) is 4.98 Å². The van der Waals surface area contributed by atoms with Gasteiger partial charge in [-0.1, -0.05) is 13.8 Å². The van der Waals surface area contributed by atoms with E-state index in [4.69, 9.17) is 0 Å². The molecule has 1 unspecified atom stereocenters. The van der Waals surface area contributed by atoms with Gasteiger partial charge in [-0.15, -0.1) is 11.3 Å². The standard InChI is InChI=1S/C11H21N3OS/c1-8(2)10(15)7-12-5-9-6-13-11(16-9)14(3)4/h6,8,10,12,15H,5,7H2,1-4H3. The summed E-state index contributed by atoms with van der Waals surface area (Å²) in [6, 6.07) is 0. The molecule has 0 aromatic carbocycles. The van der Waals surface area contributed by atoms with Crippen LogP contribution < -0.4 is 10.2 Å². The summed E-state index contributed by atoms with van der Waals surface area (Å²) in [7, 11) is 3.97. The highest BCUT2D eigenvalue weighted by atomic mass is 32.1. The minimum Gasteiger partial charge on any atom is -0.392 e. The minimum absolute atomic E-state index is 0.277. The maximum Gasteiger partial charge on any atom is 0.185 e. The van der Waals surface area contributed by atoms with E-state index in [0.717, 1.165) is 11.7 Å². The first-order valence-corrected chi connectivity index (χ1v) is 6.33. The first-order valence-electron chi connectivity index (χ1n) is 5.51. The van der Waals surface area contributed by atoms with Crippen molar-refractivity contribution in [1.82, 2.24) is 10.3 Å². The fourth-order valence-corrected chi connectivity index (χ4v) is 1.97. The Hall–Kier alpha value is -0.650. The quantitative estimate of drug-likeness (QED) is 0.791. The van der Waals surface area contributed by atoms with Gasteiger partial charge in [0.05, 0.1) is 6.10 Å². The smallest absolute Gasteiger partial charge is 0.185 e. The molecule has 0 radical (unpaired) electrons. The molecule has 0 aliphatic heterocycles. The Labute approximate surface area is 101 Å². The van der Waals surface area contributed by atoms with E-state index in [-0.39, 0.29) is 6.10 Å². The van der Waals surface area contributed by atoms with Gasteiger partial charge < -0.3 is 15.3 Å². The van der Waals surface area contributed by atoms with Crippen LogP contribution in [0.1, 0.15) is 18.7 Å². The molecule has 16 heavy (non-hydrogen) atoms. The Morgan fingerprint density at radius 1 is 1.50 bits per heavy atom. The monoisotopic (exact) mass is 243 g/mol. The number of thiazole rings is 1. The average Bonchev–Trinajstić information content (AvgIpc) is 2.66. The third-order valence-corrected chi connectivity index (χ3v) is 3.51. The summed E-state index contributed by atoms with van der Waals surface area (Å²) < 4.78 is 0. The van der Waals surface area contributed by atoms with Gasteiger partial charge in [0, 0.05) is 38.3 Å². The predicted molar refractivity (Wildman–Crippen MR) is 69.0 cm³/mol. The van der Waals surface area contributed by atoms with Crippen LogP contribution in [0, 0.1) is 5.92 Å². The Morgan fingerprint density at radius 2 is 2.19 bits per heavy atom. The summed E-state index contributed by atoms with van der Waals surface area (Å²) in [5.41, 5.74) is 0. The zero-order valence-electron chi connectivity index (χ0n) is 10.4. The van der Waals surface area contributed by atoms with E-state index < -0.39 is 0 Å². The lowest BCUT2D eigenvalue weighted by Gasteiger charge is -2.14. The molecular weight excluding hydrogens is 222 g/mol. The first kappa shape index (κ1) is 13.4. The summed E-state index contributed by atoms with van der Waals surface area (Å²) >= 11 is 1.67. The van der Waals surface area contributed by atoms with Crippen molar-refractivity contribution < 1.29 is 5.11 Å². The van der Waals surface area contributed by atoms with Gasteiger partial charge in [0.2, 0.25) is 0 Å². The fraction of sp³-hybridized carbons (Fsp3) is 0.727. The van der Waals surface area contributed by atoms with E-state index in [9.17, 15) is 5.11 Å². The Balaban J connectivity index is 2.32. The minimum atomic E-state index is -0.277. The fourth-order valence-electron chi connectivity index (χ4n) is 1.16. The zero-order chi connectivity index (χ0) is 12.1. The molecule has 5 heteroatoms. The molecule has 1 aromatic heterocycles. The topological polar surface area (TPSA) is 48.4 Å². The molecule has 0 amide bonds. The highest BCUT2D eigenvalue weighted by molar-refractivity contribution is 7.15. The van der Waals surface area contributed by atoms with Crippen molar-refractivity contribution in [2.75, 3.05) is 25.5 Å². The van der Waals surface area contributed by atoms with Crippen LogP contribution in [0.5, 0.6) is 0 Å². The van der Waals surface area contributed by atoms with Crippen LogP contribution in [0.25, 0.3) is 0 Å². The van der Waals surface area contributed by atoms with Crippen LogP contribution in [0.3, 0.4) is 0 Å². The molecule has 0 aliphatic carbocycles. The molecule has 0 fully saturated rings.